The van der Waals surface area contributed by atoms with E-state index in [1.54, 1.807) is 12.1 Å². The number of amides is 1. The number of hydrogen-bond donors (Lipinski definition) is 2. The maximum Gasteiger partial charge on any atom is 0.228 e. The molecule has 2 N–H and O–H groups in total. The molecule has 1 aromatic carbocycles. The summed E-state index contributed by atoms with van der Waals surface area (Å²) in [5.41, 5.74) is 0.635. The summed E-state index contributed by atoms with van der Waals surface area (Å²) >= 11 is 5.90. The molecule has 0 radical (unpaired) electrons. The van der Waals surface area contributed by atoms with E-state index in [2.05, 4.69) is 20.8 Å². The SMILES string of the molecule is O=C(NCCc1nc(-c2ccc(Cl)cc2)no1)[C@@]12CCCC[C@H]1CNC2. The number of carbonyl (C=O) groups is 1. The standard InChI is InChI=1S/C19H23ClN4O2/c20-15-6-4-13(5-7-15)17-23-16(26-24-17)8-10-22-18(25)19-9-2-1-3-14(19)11-21-12-19/h4-7,14,21H,1-3,8-12H2,(H,22,25)/t14-,19+/m0/s1. The Kier molecular flexibility index (Phi) is 4.96. The fourth-order valence-electron chi connectivity index (χ4n) is 4.22. The van der Waals surface area contributed by atoms with Gasteiger partial charge in [0.1, 0.15) is 0 Å². The minimum absolute atomic E-state index is 0.171. The number of aromatic nitrogens is 2. The van der Waals surface area contributed by atoms with Crippen molar-refractivity contribution in [1.82, 2.24) is 20.8 Å². The van der Waals surface area contributed by atoms with Gasteiger partial charge in [-0.25, -0.2) is 0 Å². The number of hydrogen-bond acceptors (Lipinski definition) is 5. The van der Waals surface area contributed by atoms with Crippen LogP contribution in [0.4, 0.5) is 0 Å². The molecule has 2 aromatic rings. The monoisotopic (exact) mass is 374 g/mol. The van der Waals surface area contributed by atoms with Gasteiger partial charge in [0.2, 0.25) is 17.6 Å². The van der Waals surface area contributed by atoms with Crippen LogP contribution in [0.15, 0.2) is 28.8 Å². The molecule has 4 rings (SSSR count). The molecule has 1 saturated carbocycles. The van der Waals surface area contributed by atoms with Crippen molar-refractivity contribution in [3.05, 3.63) is 35.2 Å². The van der Waals surface area contributed by atoms with Crippen LogP contribution in [0.25, 0.3) is 11.4 Å². The largest absolute Gasteiger partial charge is 0.355 e. The van der Waals surface area contributed by atoms with Crippen molar-refractivity contribution in [1.29, 1.82) is 0 Å². The third-order valence-electron chi connectivity index (χ3n) is 5.69. The number of halogens is 1. The number of carbonyl (C=O) groups excluding carboxylic acids is 1. The number of nitrogens with zero attached hydrogens (tertiary/aromatic N) is 2. The molecule has 1 saturated heterocycles. The van der Waals surface area contributed by atoms with E-state index in [-0.39, 0.29) is 11.3 Å². The summed E-state index contributed by atoms with van der Waals surface area (Å²) in [6.45, 7) is 2.27. The molecule has 0 unspecified atom stereocenters. The lowest BCUT2D eigenvalue weighted by atomic mass is 9.67. The van der Waals surface area contributed by atoms with Crippen LogP contribution in [0, 0.1) is 11.3 Å². The van der Waals surface area contributed by atoms with Crippen LogP contribution in [0.1, 0.15) is 31.6 Å². The van der Waals surface area contributed by atoms with E-state index < -0.39 is 0 Å². The van der Waals surface area contributed by atoms with Crippen molar-refractivity contribution in [2.45, 2.75) is 32.1 Å². The van der Waals surface area contributed by atoms with Crippen molar-refractivity contribution in [2.75, 3.05) is 19.6 Å². The molecule has 138 valence electrons. The van der Waals surface area contributed by atoms with Crippen LogP contribution in [0.5, 0.6) is 0 Å². The van der Waals surface area contributed by atoms with E-state index in [0.29, 0.717) is 35.6 Å². The summed E-state index contributed by atoms with van der Waals surface area (Å²) in [5, 5.41) is 11.2. The second kappa shape index (κ2) is 7.37. The van der Waals surface area contributed by atoms with Gasteiger partial charge in [-0.3, -0.25) is 4.79 Å². The van der Waals surface area contributed by atoms with Gasteiger partial charge in [0, 0.05) is 30.1 Å². The number of rotatable bonds is 5. The predicted octanol–water partition coefficient (Wildman–Crippen LogP) is 2.83. The zero-order chi connectivity index (χ0) is 18.0. The molecule has 0 spiro atoms. The summed E-state index contributed by atoms with van der Waals surface area (Å²) in [7, 11) is 0. The van der Waals surface area contributed by atoms with Gasteiger partial charge < -0.3 is 15.2 Å². The molecular formula is C19H23ClN4O2. The minimum atomic E-state index is -0.221. The molecule has 2 heterocycles. The minimum Gasteiger partial charge on any atom is -0.355 e. The summed E-state index contributed by atoms with van der Waals surface area (Å²) in [5.74, 6) is 1.70. The Morgan fingerprint density at radius 2 is 2.19 bits per heavy atom. The van der Waals surface area contributed by atoms with Gasteiger partial charge in [-0.05, 0) is 49.6 Å². The molecule has 1 aromatic heterocycles. The van der Waals surface area contributed by atoms with Crippen LogP contribution in [-0.2, 0) is 11.2 Å². The Morgan fingerprint density at radius 1 is 1.35 bits per heavy atom. The number of nitrogens with one attached hydrogen (secondary N) is 2. The van der Waals surface area contributed by atoms with Crippen LogP contribution >= 0.6 is 11.6 Å². The lowest BCUT2D eigenvalue weighted by Gasteiger charge is -2.37. The smallest absolute Gasteiger partial charge is 0.228 e. The first-order valence-electron chi connectivity index (χ1n) is 9.25. The average Bonchev–Trinajstić information content (AvgIpc) is 3.30. The lowest BCUT2D eigenvalue weighted by molar-refractivity contribution is -0.133. The molecule has 2 aliphatic rings. The van der Waals surface area contributed by atoms with Gasteiger partial charge in [0.25, 0.3) is 0 Å². The van der Waals surface area contributed by atoms with Crippen LogP contribution in [0.2, 0.25) is 5.02 Å². The van der Waals surface area contributed by atoms with Gasteiger partial charge in [-0.15, -0.1) is 0 Å². The molecule has 2 fully saturated rings. The van der Waals surface area contributed by atoms with Gasteiger partial charge in [-0.1, -0.05) is 29.6 Å². The summed E-state index contributed by atoms with van der Waals surface area (Å²) in [6, 6.07) is 7.30. The van der Waals surface area contributed by atoms with E-state index in [0.717, 1.165) is 37.9 Å². The fourth-order valence-corrected chi connectivity index (χ4v) is 4.35. The van der Waals surface area contributed by atoms with Gasteiger partial charge in [-0.2, -0.15) is 4.98 Å². The highest BCUT2D eigenvalue weighted by molar-refractivity contribution is 6.30. The summed E-state index contributed by atoms with van der Waals surface area (Å²) < 4.78 is 5.30. The molecule has 1 amide bonds. The van der Waals surface area contributed by atoms with E-state index in [1.165, 1.54) is 6.42 Å². The maximum absolute atomic E-state index is 12.8. The molecule has 1 aliphatic heterocycles. The highest BCUT2D eigenvalue weighted by Gasteiger charge is 2.49. The molecular weight excluding hydrogens is 352 g/mol. The Balaban J connectivity index is 1.33. The molecule has 2 atom stereocenters. The van der Waals surface area contributed by atoms with E-state index in [1.807, 2.05) is 12.1 Å². The summed E-state index contributed by atoms with van der Waals surface area (Å²) in [4.78, 5) is 17.2. The van der Waals surface area contributed by atoms with E-state index in [9.17, 15) is 4.79 Å². The number of benzene rings is 1. The Hall–Kier alpha value is -1.92. The zero-order valence-electron chi connectivity index (χ0n) is 14.6. The first-order chi connectivity index (χ1) is 12.7. The molecule has 0 bridgehead atoms. The highest BCUT2D eigenvalue weighted by Crippen LogP contribution is 2.43. The third-order valence-corrected chi connectivity index (χ3v) is 5.94. The Morgan fingerprint density at radius 3 is 3.04 bits per heavy atom. The highest BCUT2D eigenvalue weighted by atomic mass is 35.5. The van der Waals surface area contributed by atoms with Crippen molar-refractivity contribution in [3.63, 3.8) is 0 Å². The van der Waals surface area contributed by atoms with E-state index >= 15 is 0 Å². The Bertz CT molecular complexity index is 776. The lowest BCUT2D eigenvalue weighted by Crippen LogP contribution is -2.48. The third kappa shape index (κ3) is 3.35. The Labute approximate surface area is 157 Å². The second-order valence-corrected chi connectivity index (χ2v) is 7.69. The van der Waals surface area contributed by atoms with Crippen LogP contribution in [0.3, 0.4) is 0 Å². The van der Waals surface area contributed by atoms with Crippen LogP contribution in [-0.4, -0.2) is 35.7 Å². The average molecular weight is 375 g/mol. The molecule has 1 aliphatic carbocycles. The zero-order valence-corrected chi connectivity index (χ0v) is 15.4. The first kappa shape index (κ1) is 17.5. The van der Waals surface area contributed by atoms with Crippen molar-refractivity contribution in [2.24, 2.45) is 11.3 Å². The normalized spacial score (nSPS) is 25.0. The predicted molar refractivity (Wildman–Crippen MR) is 98.7 cm³/mol. The topological polar surface area (TPSA) is 80.1 Å². The van der Waals surface area contributed by atoms with E-state index in [4.69, 9.17) is 16.1 Å². The quantitative estimate of drug-likeness (QED) is 0.841. The summed E-state index contributed by atoms with van der Waals surface area (Å²) in [6.07, 6.45) is 5.03. The molecule has 6 nitrogen and oxygen atoms in total. The first-order valence-corrected chi connectivity index (χ1v) is 9.63. The van der Waals surface area contributed by atoms with Crippen molar-refractivity contribution in [3.8, 4) is 11.4 Å². The van der Waals surface area contributed by atoms with Gasteiger partial charge in [0.15, 0.2) is 0 Å². The van der Waals surface area contributed by atoms with Crippen LogP contribution < -0.4 is 10.6 Å². The maximum atomic E-state index is 12.8. The molecule has 26 heavy (non-hydrogen) atoms. The molecule has 7 heteroatoms. The second-order valence-electron chi connectivity index (χ2n) is 7.25. The fraction of sp³-hybridized carbons (Fsp3) is 0.526. The van der Waals surface area contributed by atoms with Gasteiger partial charge in [0.05, 0.1) is 5.41 Å². The van der Waals surface area contributed by atoms with Crippen molar-refractivity contribution < 1.29 is 9.32 Å². The van der Waals surface area contributed by atoms with Gasteiger partial charge >= 0.3 is 0 Å². The number of fused-ring (bicyclic) bond motifs is 1. The van der Waals surface area contributed by atoms with Crippen molar-refractivity contribution >= 4 is 17.5 Å².